The maximum atomic E-state index is 13.8. The van der Waals surface area contributed by atoms with Crippen molar-refractivity contribution in [3.63, 3.8) is 0 Å². The Hall–Kier alpha value is -2.23. The molecule has 0 saturated carbocycles. The molecule has 0 bridgehead atoms. The highest BCUT2D eigenvalue weighted by molar-refractivity contribution is 5.60. The van der Waals surface area contributed by atoms with Gasteiger partial charge in [0, 0.05) is 37.6 Å². The summed E-state index contributed by atoms with van der Waals surface area (Å²) in [6.45, 7) is 5.50. The molecule has 3 nitrogen and oxygen atoms in total. The average molecular weight is 285 g/mol. The largest absolute Gasteiger partial charge is 0.399 e. The van der Waals surface area contributed by atoms with Gasteiger partial charge in [-0.25, -0.2) is 4.39 Å². The summed E-state index contributed by atoms with van der Waals surface area (Å²) in [5, 5.41) is 0. The second-order valence-corrected chi connectivity index (χ2v) is 5.47. The van der Waals surface area contributed by atoms with Crippen LogP contribution in [-0.4, -0.2) is 26.2 Å². The van der Waals surface area contributed by atoms with E-state index in [9.17, 15) is 4.39 Å². The van der Waals surface area contributed by atoms with Crippen LogP contribution in [-0.2, 0) is 0 Å². The van der Waals surface area contributed by atoms with Gasteiger partial charge >= 0.3 is 0 Å². The van der Waals surface area contributed by atoms with Crippen LogP contribution in [0.2, 0.25) is 0 Å². The van der Waals surface area contributed by atoms with Crippen LogP contribution in [0, 0.1) is 12.7 Å². The number of piperazine rings is 1. The molecule has 0 atom stereocenters. The lowest BCUT2D eigenvalue weighted by atomic mass is 10.1. The molecule has 2 N–H and O–H groups in total. The summed E-state index contributed by atoms with van der Waals surface area (Å²) in [4.78, 5) is 4.45. The topological polar surface area (TPSA) is 32.5 Å². The Bertz CT molecular complexity index is 634. The van der Waals surface area contributed by atoms with Crippen LogP contribution in [0.1, 0.15) is 5.56 Å². The van der Waals surface area contributed by atoms with Crippen LogP contribution in [0.25, 0.3) is 0 Å². The van der Waals surface area contributed by atoms with Gasteiger partial charge in [0.15, 0.2) is 0 Å². The molecular formula is C17H20FN3. The fourth-order valence-electron chi connectivity index (χ4n) is 2.93. The molecule has 0 amide bonds. The Balaban J connectivity index is 1.72. The Morgan fingerprint density at radius 1 is 0.905 bits per heavy atom. The number of benzene rings is 2. The fraction of sp³-hybridized carbons (Fsp3) is 0.294. The monoisotopic (exact) mass is 285 g/mol. The molecule has 1 aliphatic heterocycles. The summed E-state index contributed by atoms with van der Waals surface area (Å²) >= 11 is 0. The quantitative estimate of drug-likeness (QED) is 0.861. The minimum absolute atomic E-state index is 0.144. The Kier molecular flexibility index (Phi) is 3.69. The molecular weight excluding hydrogens is 265 g/mol. The first-order valence-electron chi connectivity index (χ1n) is 7.26. The van der Waals surface area contributed by atoms with E-state index in [0.29, 0.717) is 5.69 Å². The number of halogens is 1. The minimum Gasteiger partial charge on any atom is -0.399 e. The average Bonchev–Trinajstić information content (AvgIpc) is 2.48. The van der Waals surface area contributed by atoms with Crippen molar-refractivity contribution >= 4 is 17.1 Å². The van der Waals surface area contributed by atoms with E-state index in [1.807, 2.05) is 24.3 Å². The molecule has 110 valence electrons. The van der Waals surface area contributed by atoms with Crippen molar-refractivity contribution < 1.29 is 4.39 Å². The lowest BCUT2D eigenvalue weighted by molar-refractivity contribution is 0.597. The van der Waals surface area contributed by atoms with Crippen molar-refractivity contribution in [2.75, 3.05) is 41.7 Å². The predicted molar refractivity (Wildman–Crippen MR) is 86.4 cm³/mol. The number of hydrogen-bond acceptors (Lipinski definition) is 3. The Labute approximate surface area is 124 Å². The zero-order valence-electron chi connectivity index (χ0n) is 12.2. The summed E-state index contributed by atoms with van der Waals surface area (Å²) in [6.07, 6.45) is 0. The summed E-state index contributed by atoms with van der Waals surface area (Å²) < 4.78 is 13.8. The van der Waals surface area contributed by atoms with Crippen LogP contribution >= 0.6 is 0 Å². The molecule has 2 aromatic carbocycles. The van der Waals surface area contributed by atoms with Crippen molar-refractivity contribution in [3.8, 4) is 0 Å². The molecule has 4 heteroatoms. The van der Waals surface area contributed by atoms with Crippen LogP contribution in [0.3, 0.4) is 0 Å². The van der Waals surface area contributed by atoms with E-state index in [-0.39, 0.29) is 5.82 Å². The van der Waals surface area contributed by atoms with Gasteiger partial charge in [-0.2, -0.15) is 0 Å². The normalized spacial score (nSPS) is 15.3. The number of nitrogen functional groups attached to an aromatic ring is 1. The molecule has 21 heavy (non-hydrogen) atoms. The number of rotatable bonds is 2. The number of nitrogens with two attached hydrogens (primary N) is 1. The highest BCUT2D eigenvalue weighted by Gasteiger charge is 2.20. The van der Waals surface area contributed by atoms with E-state index < -0.39 is 0 Å². The highest BCUT2D eigenvalue weighted by Crippen LogP contribution is 2.26. The summed E-state index contributed by atoms with van der Waals surface area (Å²) in [5.74, 6) is -0.144. The van der Waals surface area contributed by atoms with Gasteiger partial charge in [-0.05, 0) is 42.8 Å². The van der Waals surface area contributed by atoms with Gasteiger partial charge in [0.2, 0.25) is 0 Å². The first kappa shape index (κ1) is 13.7. The SMILES string of the molecule is Cc1cc(N)ccc1N1CCN(c2ccccc2F)CC1. The van der Waals surface area contributed by atoms with Crippen molar-refractivity contribution in [3.05, 3.63) is 53.8 Å². The molecule has 2 aromatic rings. The first-order chi connectivity index (χ1) is 10.1. The van der Waals surface area contributed by atoms with Crippen LogP contribution < -0.4 is 15.5 Å². The van der Waals surface area contributed by atoms with Crippen molar-refractivity contribution in [2.45, 2.75) is 6.92 Å². The lowest BCUT2D eigenvalue weighted by Gasteiger charge is -2.38. The smallest absolute Gasteiger partial charge is 0.146 e. The number of hydrogen-bond donors (Lipinski definition) is 1. The third-order valence-electron chi connectivity index (χ3n) is 4.03. The van der Waals surface area contributed by atoms with Crippen LogP contribution in [0.5, 0.6) is 0 Å². The third-order valence-corrected chi connectivity index (χ3v) is 4.03. The van der Waals surface area contributed by atoms with E-state index in [0.717, 1.165) is 31.9 Å². The van der Waals surface area contributed by atoms with Gasteiger partial charge in [0.05, 0.1) is 5.69 Å². The van der Waals surface area contributed by atoms with Gasteiger partial charge in [-0.1, -0.05) is 12.1 Å². The molecule has 1 saturated heterocycles. The first-order valence-corrected chi connectivity index (χ1v) is 7.26. The van der Waals surface area contributed by atoms with E-state index in [1.165, 1.54) is 17.3 Å². The van der Waals surface area contributed by atoms with Gasteiger partial charge in [-0.3, -0.25) is 0 Å². The zero-order chi connectivity index (χ0) is 14.8. The van der Waals surface area contributed by atoms with Crippen molar-refractivity contribution in [2.24, 2.45) is 0 Å². The van der Waals surface area contributed by atoms with Gasteiger partial charge in [0.25, 0.3) is 0 Å². The number of nitrogens with zero attached hydrogens (tertiary/aromatic N) is 2. The van der Waals surface area contributed by atoms with Gasteiger partial charge < -0.3 is 15.5 Å². The maximum Gasteiger partial charge on any atom is 0.146 e. The van der Waals surface area contributed by atoms with Crippen molar-refractivity contribution in [1.29, 1.82) is 0 Å². The number of aryl methyl sites for hydroxylation is 1. The van der Waals surface area contributed by atoms with E-state index in [1.54, 1.807) is 6.07 Å². The van der Waals surface area contributed by atoms with Crippen LogP contribution in [0.15, 0.2) is 42.5 Å². The second-order valence-electron chi connectivity index (χ2n) is 5.47. The maximum absolute atomic E-state index is 13.8. The standard InChI is InChI=1S/C17H20FN3/c1-13-12-14(19)6-7-16(13)20-8-10-21(11-9-20)17-5-3-2-4-15(17)18/h2-7,12H,8-11,19H2,1H3. The number of para-hydroxylation sites is 1. The van der Waals surface area contributed by atoms with Gasteiger partial charge in [-0.15, -0.1) is 0 Å². The molecule has 0 aromatic heterocycles. The second kappa shape index (κ2) is 5.64. The van der Waals surface area contributed by atoms with E-state index in [4.69, 9.17) is 5.73 Å². The molecule has 0 unspecified atom stereocenters. The molecule has 0 radical (unpaired) electrons. The Morgan fingerprint density at radius 3 is 2.14 bits per heavy atom. The lowest BCUT2D eigenvalue weighted by Crippen LogP contribution is -2.47. The zero-order valence-corrected chi connectivity index (χ0v) is 12.2. The van der Waals surface area contributed by atoms with E-state index in [2.05, 4.69) is 22.8 Å². The molecule has 1 fully saturated rings. The minimum atomic E-state index is -0.144. The van der Waals surface area contributed by atoms with E-state index >= 15 is 0 Å². The predicted octanol–water partition coefficient (Wildman–Crippen LogP) is 3.04. The summed E-state index contributed by atoms with van der Waals surface area (Å²) in [6, 6.07) is 13.0. The fourth-order valence-corrected chi connectivity index (χ4v) is 2.93. The molecule has 1 aliphatic rings. The molecule has 3 rings (SSSR count). The molecule has 0 spiro atoms. The summed E-state index contributed by atoms with van der Waals surface area (Å²) in [7, 11) is 0. The van der Waals surface area contributed by atoms with Crippen LogP contribution in [0.4, 0.5) is 21.5 Å². The highest BCUT2D eigenvalue weighted by atomic mass is 19.1. The summed E-state index contributed by atoms with van der Waals surface area (Å²) in [5.41, 5.74) is 9.71. The van der Waals surface area contributed by atoms with Gasteiger partial charge in [0.1, 0.15) is 5.82 Å². The molecule has 0 aliphatic carbocycles. The third kappa shape index (κ3) is 2.79. The Morgan fingerprint density at radius 2 is 1.52 bits per heavy atom. The van der Waals surface area contributed by atoms with Crippen molar-refractivity contribution in [1.82, 2.24) is 0 Å². The number of anilines is 3. The molecule has 1 heterocycles.